The van der Waals surface area contributed by atoms with Crippen LogP contribution >= 0.6 is 10.5 Å². The van der Waals surface area contributed by atoms with Crippen LogP contribution in [0.2, 0.25) is 0 Å². The van der Waals surface area contributed by atoms with Gasteiger partial charge in [-0.3, -0.25) is 0 Å². The van der Waals surface area contributed by atoms with E-state index in [1.807, 2.05) is 48.5 Å². The van der Waals surface area contributed by atoms with E-state index in [0.717, 1.165) is 9.79 Å². The molecule has 34 heavy (non-hydrogen) atoms. The van der Waals surface area contributed by atoms with Gasteiger partial charge in [0.1, 0.15) is 23.0 Å². The summed E-state index contributed by atoms with van der Waals surface area (Å²) < 4.78 is 59.1. The first-order chi connectivity index (χ1) is 16.4. The first-order valence-corrected chi connectivity index (χ1v) is 14.0. The molecule has 0 saturated heterocycles. The molecule has 7 nitrogen and oxygen atoms in total. The van der Waals surface area contributed by atoms with Crippen molar-refractivity contribution in [1.82, 2.24) is 0 Å². The molecule has 0 amide bonds. The molecular formula is C24H16ClNO6S2. The Labute approximate surface area is 201 Å². The van der Waals surface area contributed by atoms with Crippen molar-refractivity contribution in [2.24, 2.45) is 3.77 Å². The smallest absolute Gasteiger partial charge is 0.183 e. The van der Waals surface area contributed by atoms with E-state index in [2.05, 4.69) is 0 Å². The SMILES string of the molecule is [O-][Cl+3]([O-])([O-])OS1(N=S2c3ccccc3Oc3ccccc32)c2ccccc2Oc2ccccc21. The third-order valence-electron chi connectivity index (χ3n) is 5.20. The molecule has 172 valence electrons. The average Bonchev–Trinajstić information content (AvgIpc) is 2.83. The highest BCUT2D eigenvalue weighted by Gasteiger charge is 2.51. The molecule has 0 unspecified atom stereocenters. The van der Waals surface area contributed by atoms with Gasteiger partial charge in [-0.1, -0.05) is 48.5 Å². The first-order valence-electron chi connectivity index (χ1n) is 10.1. The van der Waals surface area contributed by atoms with Crippen LogP contribution in [0.4, 0.5) is 0 Å². The number of nitrogens with zero attached hydrogens (tertiary/aromatic N) is 1. The van der Waals surface area contributed by atoms with E-state index in [-0.39, 0.29) is 0 Å². The van der Waals surface area contributed by atoms with Crippen molar-refractivity contribution in [2.75, 3.05) is 0 Å². The van der Waals surface area contributed by atoms with Crippen molar-refractivity contribution >= 4 is 21.2 Å². The zero-order valence-corrected chi connectivity index (χ0v) is 19.7. The Morgan fingerprint density at radius 2 is 1.03 bits per heavy atom. The predicted molar refractivity (Wildman–Crippen MR) is 117 cm³/mol. The van der Waals surface area contributed by atoms with Gasteiger partial charge in [0.15, 0.2) is 14.2 Å². The molecule has 2 heterocycles. The molecule has 0 N–H and O–H groups in total. The number of ether oxygens (including phenoxy) is 2. The van der Waals surface area contributed by atoms with Gasteiger partial charge < -0.3 is 9.47 Å². The van der Waals surface area contributed by atoms with Gasteiger partial charge in [-0.25, -0.2) is 0 Å². The molecule has 6 rings (SSSR count). The Kier molecular flexibility index (Phi) is 5.16. The number of hydrogen-bond donors (Lipinski definition) is 0. The Hall–Kier alpha value is -2.89. The summed E-state index contributed by atoms with van der Waals surface area (Å²) in [4.78, 5) is 2.32. The Balaban J connectivity index is 1.72. The van der Waals surface area contributed by atoms with Crippen LogP contribution < -0.4 is 23.5 Å². The first kappa shape index (κ1) is 21.6. The van der Waals surface area contributed by atoms with E-state index in [1.165, 1.54) is 0 Å². The molecule has 0 saturated carbocycles. The van der Waals surface area contributed by atoms with Gasteiger partial charge in [-0.15, -0.1) is 0 Å². The average molecular weight is 514 g/mol. The summed E-state index contributed by atoms with van der Waals surface area (Å²) in [6, 6.07) is 28.6. The monoisotopic (exact) mass is 513 g/mol. The lowest BCUT2D eigenvalue weighted by Gasteiger charge is -2.36. The highest BCUT2D eigenvalue weighted by molar-refractivity contribution is 8.31. The van der Waals surface area contributed by atoms with E-state index < -0.39 is 31.4 Å². The van der Waals surface area contributed by atoms with Crippen LogP contribution in [0.15, 0.2) is 120 Å². The third kappa shape index (κ3) is 3.58. The van der Waals surface area contributed by atoms with Gasteiger partial charge in [0.2, 0.25) is 0 Å². The highest BCUT2D eigenvalue weighted by atomic mass is 35.7. The van der Waals surface area contributed by atoms with Gasteiger partial charge in [-0.05, 0) is 59.2 Å². The second-order valence-corrected chi connectivity index (χ2v) is 12.6. The fraction of sp³-hybridized carbons (Fsp3) is 0. The molecule has 10 heteroatoms. The minimum atomic E-state index is -4.84. The van der Waals surface area contributed by atoms with Crippen LogP contribution in [0.3, 0.4) is 0 Å². The van der Waals surface area contributed by atoms with Crippen molar-refractivity contribution in [1.29, 1.82) is 0 Å². The Morgan fingerprint density at radius 1 is 0.618 bits per heavy atom. The van der Waals surface area contributed by atoms with Gasteiger partial charge in [0, 0.05) is 0 Å². The highest BCUT2D eigenvalue weighted by Crippen LogP contribution is 2.73. The molecule has 0 aliphatic carbocycles. The third-order valence-corrected chi connectivity index (χ3v) is 11.4. The molecule has 0 fully saturated rings. The minimum absolute atomic E-state index is 0.386. The number of para-hydroxylation sites is 4. The molecule has 0 spiro atoms. The molecule has 4 aromatic rings. The van der Waals surface area contributed by atoms with E-state index in [9.17, 15) is 14.0 Å². The Bertz CT molecular complexity index is 1360. The second-order valence-electron chi connectivity index (χ2n) is 7.32. The standard InChI is InChI=1S/C24H16ClNO6S2/c27-25(28,29)32-34(23-15-7-3-11-19(23)31-20-12-4-8-16-24(20)34)26-33-21-13-5-1-9-17(21)30-18-10-2-6-14-22(18)33/h1-16H. The van der Waals surface area contributed by atoms with Crippen LogP contribution in [0.5, 0.6) is 23.0 Å². The number of benzene rings is 4. The fourth-order valence-electron chi connectivity index (χ4n) is 3.85. The van der Waals surface area contributed by atoms with Crippen molar-refractivity contribution < 1.29 is 37.4 Å². The zero-order valence-electron chi connectivity index (χ0n) is 17.3. The van der Waals surface area contributed by atoms with Crippen LogP contribution in [-0.4, -0.2) is 0 Å². The van der Waals surface area contributed by atoms with Crippen molar-refractivity contribution in [3.63, 3.8) is 0 Å². The summed E-state index contributed by atoms with van der Waals surface area (Å²) in [5, 5.41) is 0. The summed E-state index contributed by atoms with van der Waals surface area (Å²) in [5.41, 5.74) is 0. The predicted octanol–water partition coefficient (Wildman–Crippen LogP) is 3.78. The zero-order chi connectivity index (χ0) is 23.3. The van der Waals surface area contributed by atoms with Crippen LogP contribution in [0, 0.1) is 10.2 Å². The largest absolute Gasteiger partial charge is 0.455 e. The lowest BCUT2D eigenvalue weighted by Crippen LogP contribution is -2.61. The normalized spacial score (nSPS) is 16.6. The topological polar surface area (TPSA) is 109 Å². The van der Waals surface area contributed by atoms with Crippen LogP contribution in [0.25, 0.3) is 0 Å². The number of halogens is 1. The maximum Gasteiger partial charge on any atom is 0.183 e. The summed E-state index contributed by atoms with van der Waals surface area (Å²) in [6.45, 7) is 0. The molecule has 2 aliphatic rings. The van der Waals surface area contributed by atoms with Crippen molar-refractivity contribution in [2.45, 2.75) is 19.6 Å². The maximum atomic E-state index is 12.1. The second kappa shape index (κ2) is 8.10. The number of rotatable bonds is 3. The minimum Gasteiger partial charge on any atom is -0.455 e. The van der Waals surface area contributed by atoms with E-state index in [1.54, 1.807) is 48.5 Å². The molecule has 4 aromatic carbocycles. The molecule has 0 bridgehead atoms. The lowest BCUT2D eigenvalue weighted by molar-refractivity contribution is -1.91. The van der Waals surface area contributed by atoms with E-state index in [4.69, 9.17) is 17.0 Å². The molecule has 0 aromatic heterocycles. The van der Waals surface area contributed by atoms with Crippen molar-refractivity contribution in [3.05, 3.63) is 97.1 Å². The molecule has 0 radical (unpaired) electrons. The number of fused-ring (bicyclic) bond motifs is 4. The van der Waals surface area contributed by atoms with Gasteiger partial charge >= 0.3 is 0 Å². The molecular weight excluding hydrogens is 498 g/mol. The van der Waals surface area contributed by atoms with E-state index in [0.29, 0.717) is 32.8 Å². The van der Waals surface area contributed by atoms with Crippen LogP contribution in [0.1, 0.15) is 0 Å². The maximum absolute atomic E-state index is 12.1. The van der Waals surface area contributed by atoms with Gasteiger partial charge in [0.05, 0.1) is 29.8 Å². The summed E-state index contributed by atoms with van der Waals surface area (Å²) in [7, 11) is -9.08. The molecule has 0 atom stereocenters. The lowest BCUT2D eigenvalue weighted by atomic mass is 10.3. The summed E-state index contributed by atoms with van der Waals surface area (Å²) in [6.07, 6.45) is 0. The Morgan fingerprint density at radius 3 is 1.53 bits per heavy atom. The van der Waals surface area contributed by atoms with Gasteiger partial charge in [0.25, 0.3) is 0 Å². The van der Waals surface area contributed by atoms with Crippen LogP contribution in [-0.2, 0) is 14.4 Å². The summed E-state index contributed by atoms with van der Waals surface area (Å²) in [5.74, 6) is 1.99. The molecule has 2 aliphatic heterocycles. The number of hydrogen-bond acceptors (Lipinski definition) is 7. The van der Waals surface area contributed by atoms with Gasteiger partial charge in [-0.2, -0.15) is 17.7 Å². The summed E-state index contributed by atoms with van der Waals surface area (Å²) >= 11 is 0. The van der Waals surface area contributed by atoms with Crippen molar-refractivity contribution in [3.8, 4) is 23.0 Å². The fourth-order valence-corrected chi connectivity index (χ4v) is 10.5. The quantitative estimate of drug-likeness (QED) is 0.363. The van der Waals surface area contributed by atoms with E-state index >= 15 is 0 Å².